The van der Waals surface area contributed by atoms with E-state index in [0.29, 0.717) is 5.06 Å². The van der Waals surface area contributed by atoms with Crippen LogP contribution in [-0.4, -0.2) is 81.3 Å². The van der Waals surface area contributed by atoms with Gasteiger partial charge in [-0.3, -0.25) is 14.2 Å². The van der Waals surface area contributed by atoms with Crippen LogP contribution in [0.4, 0.5) is 4.79 Å². The smallest absolute Gasteiger partial charge is 0.309 e. The lowest BCUT2D eigenvalue weighted by molar-refractivity contribution is -0.138. The summed E-state index contributed by atoms with van der Waals surface area (Å²) in [7, 11) is -8.22. The number of rotatable bonds is 8. The summed E-state index contributed by atoms with van der Waals surface area (Å²) in [4.78, 5) is 30.2. The van der Waals surface area contributed by atoms with E-state index < -0.39 is 44.4 Å². The van der Waals surface area contributed by atoms with Crippen LogP contribution < -0.4 is 10.2 Å². The Morgan fingerprint density at radius 1 is 1.32 bits per heavy atom. The van der Waals surface area contributed by atoms with Crippen LogP contribution in [0.2, 0.25) is 0 Å². The molecule has 2 atom stereocenters. The first-order valence-electron chi connectivity index (χ1n) is 7.11. The zero-order valence-electron chi connectivity index (χ0n) is 13.1. The monoisotopic (exact) mass is 402 g/mol. The van der Waals surface area contributed by atoms with E-state index in [0.717, 1.165) is 11.2 Å². The van der Waals surface area contributed by atoms with Crippen molar-refractivity contribution in [1.29, 1.82) is 0 Å². The van der Waals surface area contributed by atoms with Crippen molar-refractivity contribution in [3.63, 3.8) is 0 Å². The highest BCUT2D eigenvalue weighted by molar-refractivity contribution is 7.88. The van der Waals surface area contributed by atoms with E-state index in [1.54, 1.807) is 0 Å². The van der Waals surface area contributed by atoms with E-state index in [1.807, 2.05) is 0 Å². The molecule has 2 fully saturated rings. The Balaban J connectivity index is 1.85. The van der Waals surface area contributed by atoms with Crippen LogP contribution in [0.15, 0.2) is 0 Å². The summed E-state index contributed by atoms with van der Waals surface area (Å²) in [5.41, 5.74) is 2.11. The molecule has 144 valence electrons. The second-order valence-corrected chi connectivity index (χ2v) is 8.33. The minimum Gasteiger partial charge on any atom is -0.309 e. The van der Waals surface area contributed by atoms with Crippen LogP contribution in [0.5, 0.6) is 0 Å². The van der Waals surface area contributed by atoms with Gasteiger partial charge in [0.2, 0.25) is 10.0 Å². The first kappa shape index (κ1) is 19.8. The fourth-order valence-electron chi connectivity index (χ4n) is 2.57. The van der Waals surface area contributed by atoms with E-state index in [-0.39, 0.29) is 32.5 Å². The van der Waals surface area contributed by atoms with Crippen molar-refractivity contribution < 1.29 is 40.1 Å². The predicted octanol–water partition coefficient (Wildman–Crippen LogP) is -2.41. The number of sulfonamides is 1. The number of nitrogens with zero attached hydrogens (tertiary/aromatic N) is 2. The highest BCUT2D eigenvalue weighted by atomic mass is 32.3. The van der Waals surface area contributed by atoms with Gasteiger partial charge < -0.3 is 4.90 Å². The lowest BCUT2D eigenvalue weighted by atomic mass is 10.0. The molecule has 13 nitrogen and oxygen atoms in total. The van der Waals surface area contributed by atoms with Gasteiger partial charge in [0.25, 0.3) is 5.91 Å². The Bertz CT molecular complexity index is 737. The molecule has 0 radical (unpaired) electrons. The van der Waals surface area contributed by atoms with Crippen LogP contribution in [0.25, 0.3) is 0 Å². The number of nitrogens with one attached hydrogen (secondary N) is 2. The molecule has 3 amide bonds. The first-order valence-corrected chi connectivity index (χ1v) is 10.4. The number of carbonyl (C=O) groups excluding carboxylic acids is 2. The summed E-state index contributed by atoms with van der Waals surface area (Å²) in [5, 5.41) is 0.527. The van der Waals surface area contributed by atoms with E-state index in [2.05, 4.69) is 14.5 Å². The van der Waals surface area contributed by atoms with Gasteiger partial charge in [0.1, 0.15) is 6.04 Å². The second-order valence-electron chi connectivity index (χ2n) is 5.49. The summed E-state index contributed by atoms with van der Waals surface area (Å²) >= 11 is 0. The van der Waals surface area contributed by atoms with Gasteiger partial charge in [0, 0.05) is 13.1 Å². The number of hydroxylamine groups is 3. The van der Waals surface area contributed by atoms with Crippen LogP contribution in [0.3, 0.4) is 0 Å². The molecule has 2 heterocycles. The fourth-order valence-corrected chi connectivity index (χ4v) is 3.41. The molecule has 3 N–H and O–H groups in total. The van der Waals surface area contributed by atoms with Gasteiger partial charge in [-0.15, -0.1) is 4.28 Å². The maximum Gasteiger partial charge on any atom is 0.418 e. The topological polar surface area (TPSA) is 172 Å². The van der Waals surface area contributed by atoms with Crippen molar-refractivity contribution >= 4 is 32.4 Å². The molecule has 2 aliphatic heterocycles. The van der Waals surface area contributed by atoms with Gasteiger partial charge in [-0.1, -0.05) is 0 Å². The number of urea groups is 1. The average molecular weight is 402 g/mol. The highest BCUT2D eigenvalue weighted by Gasteiger charge is 2.49. The van der Waals surface area contributed by atoms with E-state index in [9.17, 15) is 26.4 Å². The maximum atomic E-state index is 12.1. The quantitative estimate of drug-likeness (QED) is 0.227. The third-order valence-electron chi connectivity index (χ3n) is 3.54. The minimum atomic E-state index is -4.85. The highest BCUT2D eigenvalue weighted by Crippen LogP contribution is 2.30. The molecule has 0 aromatic carbocycles. The number of fused-ring (bicyclic) bond motifs is 2. The zero-order valence-corrected chi connectivity index (χ0v) is 14.7. The Morgan fingerprint density at radius 3 is 2.60 bits per heavy atom. The van der Waals surface area contributed by atoms with Gasteiger partial charge in [-0.25, -0.2) is 23.4 Å². The van der Waals surface area contributed by atoms with Crippen molar-refractivity contribution in [3.8, 4) is 0 Å². The number of amides is 3. The predicted molar refractivity (Wildman–Crippen MR) is 80.3 cm³/mol. The molecule has 0 aromatic heterocycles. The third-order valence-corrected chi connectivity index (χ3v) is 4.62. The van der Waals surface area contributed by atoms with Gasteiger partial charge in [-0.05, 0) is 12.8 Å². The van der Waals surface area contributed by atoms with Crippen molar-refractivity contribution in [2.45, 2.75) is 24.9 Å². The second kappa shape index (κ2) is 7.38. The molecular weight excluding hydrogens is 384 g/mol. The maximum absolute atomic E-state index is 12.1. The molecule has 25 heavy (non-hydrogen) atoms. The SMILES string of the molecule is CS(=O)(=O)NCCONC(=O)[C@@H]1CC[C@@H]2CN1C(=O)N2OS(=O)(=O)O. The number of carbonyl (C=O) groups is 2. The first-order chi connectivity index (χ1) is 11.5. The Morgan fingerprint density at radius 2 is 2.00 bits per heavy atom. The summed E-state index contributed by atoms with van der Waals surface area (Å²) in [6.07, 6.45) is 1.49. The summed E-state index contributed by atoms with van der Waals surface area (Å²) in [5.74, 6) is -0.639. The van der Waals surface area contributed by atoms with E-state index >= 15 is 0 Å². The van der Waals surface area contributed by atoms with Crippen LogP contribution in [0, 0.1) is 0 Å². The standard InChI is InChI=1S/C10H18N4O9S2/c1-24(17,18)11-4-5-22-12-9(15)8-3-2-7-6-13(8)10(16)14(7)23-25(19,20)21/h7-8,11H,2-6H2,1H3,(H,12,15)(H,19,20,21)/t7-,8+/m1/s1. The van der Waals surface area contributed by atoms with E-state index in [1.165, 1.54) is 0 Å². The summed E-state index contributed by atoms with van der Waals surface area (Å²) in [6, 6.07) is -2.36. The molecule has 2 saturated heterocycles. The van der Waals surface area contributed by atoms with Crippen molar-refractivity contribution in [1.82, 2.24) is 20.2 Å². The lowest BCUT2D eigenvalue weighted by Gasteiger charge is -2.28. The molecular formula is C10H18N4O9S2. The third kappa shape index (κ3) is 5.48. The van der Waals surface area contributed by atoms with Crippen LogP contribution in [-0.2, 0) is 34.3 Å². The lowest BCUT2D eigenvalue weighted by Crippen LogP contribution is -2.50. The fraction of sp³-hybridized carbons (Fsp3) is 0.800. The molecule has 2 aliphatic rings. The molecule has 0 spiro atoms. The van der Waals surface area contributed by atoms with Gasteiger partial charge >= 0.3 is 16.4 Å². The molecule has 0 aliphatic carbocycles. The Hall–Kier alpha value is -1.52. The average Bonchev–Trinajstić information content (AvgIpc) is 2.69. The molecule has 15 heteroatoms. The minimum absolute atomic E-state index is 0.0511. The molecule has 2 bridgehead atoms. The Kier molecular flexibility index (Phi) is 5.85. The van der Waals surface area contributed by atoms with Crippen molar-refractivity contribution in [2.24, 2.45) is 0 Å². The van der Waals surface area contributed by atoms with Gasteiger partial charge in [-0.2, -0.15) is 13.5 Å². The number of hydrogen-bond acceptors (Lipinski definition) is 8. The van der Waals surface area contributed by atoms with Crippen molar-refractivity contribution in [3.05, 3.63) is 0 Å². The number of hydrogen-bond donors (Lipinski definition) is 3. The number of piperidine rings is 1. The molecule has 0 unspecified atom stereocenters. The Labute approximate surface area is 144 Å². The normalized spacial score (nSPS) is 23.8. The van der Waals surface area contributed by atoms with Crippen molar-refractivity contribution in [2.75, 3.05) is 26.0 Å². The van der Waals surface area contributed by atoms with Gasteiger partial charge in [0.05, 0.1) is 18.9 Å². The van der Waals surface area contributed by atoms with E-state index in [4.69, 9.17) is 9.39 Å². The van der Waals surface area contributed by atoms with Gasteiger partial charge in [0.15, 0.2) is 0 Å². The molecule has 2 rings (SSSR count). The summed E-state index contributed by atoms with van der Waals surface area (Å²) < 4.78 is 58.4. The van der Waals surface area contributed by atoms with Crippen LogP contribution >= 0.6 is 0 Å². The molecule has 0 saturated carbocycles. The summed E-state index contributed by atoms with van der Waals surface area (Å²) in [6.45, 7) is -0.118. The largest absolute Gasteiger partial charge is 0.418 e. The molecule has 0 aromatic rings. The zero-order chi connectivity index (χ0) is 18.8. The van der Waals surface area contributed by atoms with Crippen LogP contribution in [0.1, 0.15) is 12.8 Å².